The van der Waals surface area contributed by atoms with E-state index in [0.717, 1.165) is 6.07 Å². The molecule has 10 heteroatoms. The molecule has 0 saturated heterocycles. The second-order valence-corrected chi connectivity index (χ2v) is 5.67. The van der Waals surface area contributed by atoms with Crippen molar-refractivity contribution in [2.75, 3.05) is 27.2 Å². The first-order valence-electron chi connectivity index (χ1n) is 6.03. The number of nitrogens with one attached hydrogen (secondary N) is 3. The average molecular weight is 315 g/mol. The predicted octanol–water partition coefficient (Wildman–Crippen LogP) is -0.332. The van der Waals surface area contributed by atoms with Crippen LogP contribution in [0, 0.1) is 10.1 Å². The zero-order valence-electron chi connectivity index (χ0n) is 11.7. The normalized spacial score (nSPS) is 12.0. The Morgan fingerprint density at radius 3 is 2.67 bits per heavy atom. The van der Waals surface area contributed by atoms with E-state index in [1.807, 2.05) is 0 Å². The van der Waals surface area contributed by atoms with Crippen molar-refractivity contribution in [2.24, 2.45) is 4.99 Å². The molecule has 116 valence electrons. The number of rotatable bonds is 6. The first-order valence-corrected chi connectivity index (χ1v) is 7.51. The van der Waals surface area contributed by atoms with Gasteiger partial charge >= 0.3 is 0 Å². The van der Waals surface area contributed by atoms with E-state index < -0.39 is 14.9 Å². The zero-order valence-corrected chi connectivity index (χ0v) is 12.5. The monoisotopic (exact) mass is 315 g/mol. The minimum atomic E-state index is -3.78. The van der Waals surface area contributed by atoms with Crippen LogP contribution in [0.15, 0.2) is 34.2 Å². The zero-order chi connectivity index (χ0) is 15.9. The van der Waals surface area contributed by atoms with Gasteiger partial charge in [0.05, 0.1) is 9.82 Å². The standard InChI is InChI=1S/C11H17N5O4S/c1-12-11(13-2)14-6-7-15-21(19,20)10-5-3-4-9(8-10)16(17)18/h3-5,8,15H,6-7H2,1-2H3,(H2,12,13,14). The lowest BCUT2D eigenvalue weighted by molar-refractivity contribution is -0.385. The summed E-state index contributed by atoms with van der Waals surface area (Å²) in [7, 11) is -0.510. The molecule has 0 radical (unpaired) electrons. The fourth-order valence-electron chi connectivity index (χ4n) is 1.49. The summed E-state index contributed by atoms with van der Waals surface area (Å²) >= 11 is 0. The largest absolute Gasteiger partial charge is 0.359 e. The van der Waals surface area contributed by atoms with Crippen molar-refractivity contribution < 1.29 is 13.3 Å². The first-order chi connectivity index (χ1) is 9.90. The van der Waals surface area contributed by atoms with Crippen molar-refractivity contribution >= 4 is 21.7 Å². The summed E-state index contributed by atoms with van der Waals surface area (Å²) in [5.41, 5.74) is -0.272. The highest BCUT2D eigenvalue weighted by atomic mass is 32.2. The molecular formula is C11H17N5O4S. The fourth-order valence-corrected chi connectivity index (χ4v) is 2.56. The molecule has 0 aliphatic heterocycles. The lowest BCUT2D eigenvalue weighted by Crippen LogP contribution is -2.39. The summed E-state index contributed by atoms with van der Waals surface area (Å²) < 4.78 is 26.3. The number of nitrogens with zero attached hydrogens (tertiary/aromatic N) is 2. The summed E-state index contributed by atoms with van der Waals surface area (Å²) in [6, 6.07) is 4.88. The fraction of sp³-hybridized carbons (Fsp3) is 0.364. The van der Waals surface area contributed by atoms with Crippen molar-refractivity contribution in [3.05, 3.63) is 34.4 Å². The van der Waals surface area contributed by atoms with Crippen LogP contribution in [0.25, 0.3) is 0 Å². The molecular weight excluding hydrogens is 298 g/mol. The highest BCUT2D eigenvalue weighted by molar-refractivity contribution is 7.89. The molecule has 0 heterocycles. The van der Waals surface area contributed by atoms with Crippen LogP contribution >= 0.6 is 0 Å². The molecule has 0 aliphatic rings. The second kappa shape index (κ2) is 7.55. The van der Waals surface area contributed by atoms with Gasteiger partial charge in [0.25, 0.3) is 5.69 Å². The van der Waals surface area contributed by atoms with Crippen LogP contribution in [0.1, 0.15) is 0 Å². The topological polar surface area (TPSA) is 126 Å². The van der Waals surface area contributed by atoms with Crippen LogP contribution < -0.4 is 15.4 Å². The molecule has 0 unspecified atom stereocenters. The minimum Gasteiger partial charge on any atom is -0.359 e. The van der Waals surface area contributed by atoms with Crippen LogP contribution in [-0.2, 0) is 10.0 Å². The maximum atomic E-state index is 12.0. The van der Waals surface area contributed by atoms with Gasteiger partial charge in [-0.1, -0.05) is 6.07 Å². The second-order valence-electron chi connectivity index (χ2n) is 3.90. The molecule has 21 heavy (non-hydrogen) atoms. The van der Waals surface area contributed by atoms with Crippen LogP contribution in [-0.4, -0.2) is 46.5 Å². The molecule has 0 amide bonds. The Hall–Kier alpha value is -2.20. The maximum absolute atomic E-state index is 12.0. The summed E-state index contributed by atoms with van der Waals surface area (Å²) in [4.78, 5) is 13.7. The van der Waals surface area contributed by atoms with Gasteiger partial charge in [0.2, 0.25) is 10.0 Å². The summed E-state index contributed by atoms with van der Waals surface area (Å²) in [5, 5.41) is 16.3. The highest BCUT2D eigenvalue weighted by Gasteiger charge is 2.16. The van der Waals surface area contributed by atoms with E-state index in [1.165, 1.54) is 18.2 Å². The Kier molecular flexibility index (Phi) is 6.06. The van der Waals surface area contributed by atoms with Gasteiger partial charge in [0, 0.05) is 39.3 Å². The lowest BCUT2D eigenvalue weighted by Gasteiger charge is -2.09. The molecule has 0 spiro atoms. The quantitative estimate of drug-likeness (QED) is 0.217. The number of benzene rings is 1. The SMILES string of the molecule is CN=C(NC)NCCNS(=O)(=O)c1cccc([N+](=O)[O-])c1. The van der Waals surface area contributed by atoms with E-state index in [2.05, 4.69) is 20.3 Å². The van der Waals surface area contributed by atoms with Crippen molar-refractivity contribution in [3.8, 4) is 0 Å². The molecule has 1 rings (SSSR count). The Morgan fingerprint density at radius 2 is 2.10 bits per heavy atom. The van der Waals surface area contributed by atoms with Crippen LogP contribution in [0.2, 0.25) is 0 Å². The van der Waals surface area contributed by atoms with Crippen LogP contribution in [0.4, 0.5) is 5.69 Å². The van der Waals surface area contributed by atoms with Gasteiger partial charge in [0.1, 0.15) is 0 Å². The molecule has 0 aliphatic carbocycles. The Labute approximate surface area is 122 Å². The van der Waals surface area contributed by atoms with Crippen molar-refractivity contribution in [1.29, 1.82) is 0 Å². The van der Waals surface area contributed by atoms with E-state index >= 15 is 0 Å². The third kappa shape index (κ3) is 5.00. The van der Waals surface area contributed by atoms with E-state index in [1.54, 1.807) is 14.1 Å². The molecule has 0 aromatic heterocycles. The van der Waals surface area contributed by atoms with Gasteiger partial charge in [-0.25, -0.2) is 13.1 Å². The third-order valence-corrected chi connectivity index (χ3v) is 3.97. The molecule has 0 fully saturated rings. The number of nitro groups is 1. The van der Waals surface area contributed by atoms with Gasteiger partial charge in [-0.2, -0.15) is 0 Å². The van der Waals surface area contributed by atoms with Crippen LogP contribution in [0.3, 0.4) is 0 Å². The van der Waals surface area contributed by atoms with Gasteiger partial charge in [0.15, 0.2) is 5.96 Å². The number of sulfonamides is 1. The van der Waals surface area contributed by atoms with Gasteiger partial charge in [-0.05, 0) is 6.07 Å². The highest BCUT2D eigenvalue weighted by Crippen LogP contribution is 2.16. The molecule has 1 aromatic carbocycles. The summed E-state index contributed by atoms with van der Waals surface area (Å²) in [6.07, 6.45) is 0. The molecule has 9 nitrogen and oxygen atoms in total. The molecule has 0 atom stereocenters. The molecule has 3 N–H and O–H groups in total. The molecule has 0 bridgehead atoms. The number of hydrogen-bond acceptors (Lipinski definition) is 5. The Balaban J connectivity index is 2.66. The van der Waals surface area contributed by atoms with Crippen molar-refractivity contribution in [3.63, 3.8) is 0 Å². The number of guanidine groups is 1. The molecule has 1 aromatic rings. The molecule has 0 saturated carbocycles. The smallest absolute Gasteiger partial charge is 0.270 e. The van der Waals surface area contributed by atoms with E-state index in [0.29, 0.717) is 12.5 Å². The van der Waals surface area contributed by atoms with E-state index in [9.17, 15) is 18.5 Å². The lowest BCUT2D eigenvalue weighted by atomic mass is 10.3. The number of aliphatic imine (C=N–C) groups is 1. The van der Waals surface area contributed by atoms with E-state index in [4.69, 9.17) is 0 Å². The third-order valence-electron chi connectivity index (χ3n) is 2.51. The van der Waals surface area contributed by atoms with Crippen molar-refractivity contribution in [2.45, 2.75) is 4.90 Å². The van der Waals surface area contributed by atoms with Crippen molar-refractivity contribution in [1.82, 2.24) is 15.4 Å². The Morgan fingerprint density at radius 1 is 1.38 bits per heavy atom. The number of non-ortho nitro benzene ring substituents is 1. The Bertz CT molecular complexity index is 629. The predicted molar refractivity (Wildman–Crippen MR) is 78.7 cm³/mol. The van der Waals surface area contributed by atoms with Crippen LogP contribution in [0.5, 0.6) is 0 Å². The minimum absolute atomic E-state index is 0.117. The first kappa shape index (κ1) is 16.9. The summed E-state index contributed by atoms with van der Waals surface area (Å²) in [6.45, 7) is 0.438. The average Bonchev–Trinajstić information content (AvgIpc) is 2.47. The number of nitro benzene ring substituents is 1. The van der Waals surface area contributed by atoms with E-state index in [-0.39, 0.29) is 17.1 Å². The van der Waals surface area contributed by atoms with Gasteiger partial charge in [-0.15, -0.1) is 0 Å². The maximum Gasteiger partial charge on any atom is 0.270 e. The summed E-state index contributed by atoms with van der Waals surface area (Å²) in [5.74, 6) is 0.532. The number of hydrogen-bond donors (Lipinski definition) is 3. The van der Waals surface area contributed by atoms with Gasteiger partial charge < -0.3 is 10.6 Å². The van der Waals surface area contributed by atoms with Gasteiger partial charge in [-0.3, -0.25) is 15.1 Å².